The lowest BCUT2D eigenvalue weighted by atomic mass is 9.47. The van der Waals surface area contributed by atoms with Gasteiger partial charge in [-0.3, -0.25) is 4.79 Å². The number of ether oxygens (including phenoxy) is 1. The minimum absolute atomic E-state index is 0.178. The molecule has 138 valence electrons. The maximum atomic E-state index is 12.1. The molecule has 0 bridgehead atoms. The van der Waals surface area contributed by atoms with E-state index in [2.05, 4.69) is 13.8 Å². The Morgan fingerprint density at radius 2 is 1.76 bits per heavy atom. The Balaban J connectivity index is 1.44. The van der Waals surface area contributed by atoms with Crippen LogP contribution >= 0.6 is 0 Å². The average molecular weight is 344 g/mol. The summed E-state index contributed by atoms with van der Waals surface area (Å²) in [6.07, 6.45) is 12.8. The van der Waals surface area contributed by atoms with Crippen LogP contribution in [-0.4, -0.2) is 18.0 Å². The monoisotopic (exact) mass is 343 g/mol. The van der Waals surface area contributed by atoms with Crippen molar-refractivity contribution < 1.29 is 9.53 Å². The van der Waals surface area contributed by atoms with Gasteiger partial charge in [-0.15, -0.1) is 0 Å². The molecule has 5 aliphatic rings. The number of carbonyl (C=O) groups excluding carboxylic acids is 1. The number of nitrogens with two attached hydrogens (primary N) is 1. The van der Waals surface area contributed by atoms with Gasteiger partial charge in [-0.25, -0.2) is 0 Å². The normalized spacial score (nSPS) is 49.6. The number of ketones is 1. The minimum atomic E-state index is 0.178. The fraction of sp³-hybridized carbons (Fsp3) is 0.864. The molecule has 0 unspecified atom stereocenters. The summed E-state index contributed by atoms with van der Waals surface area (Å²) >= 11 is 0. The summed E-state index contributed by atoms with van der Waals surface area (Å²) in [5.74, 6) is 2.54. The lowest BCUT2D eigenvalue weighted by Gasteiger charge is -2.58. The second-order valence-electron chi connectivity index (χ2n) is 10.1. The van der Waals surface area contributed by atoms with E-state index in [-0.39, 0.29) is 11.2 Å². The van der Waals surface area contributed by atoms with Gasteiger partial charge in [-0.05, 0) is 91.9 Å². The smallest absolute Gasteiger partial charge is 0.178 e. The molecule has 6 atom stereocenters. The van der Waals surface area contributed by atoms with Crippen LogP contribution in [0.2, 0.25) is 0 Å². The Morgan fingerprint density at radius 3 is 2.52 bits per heavy atom. The van der Waals surface area contributed by atoms with Crippen molar-refractivity contribution in [2.75, 3.05) is 0 Å². The number of rotatable bonds is 2. The van der Waals surface area contributed by atoms with E-state index in [1.807, 2.05) is 0 Å². The first kappa shape index (κ1) is 16.4. The van der Waals surface area contributed by atoms with E-state index >= 15 is 0 Å². The first-order chi connectivity index (χ1) is 11.9. The SMILES string of the molecule is C[C@]12CC[C@H]3[C@@H](CCC4=C(N)C(=O)CC[C@@]43C)[C@@H]1CC[C@@H]2OC1CC1. The van der Waals surface area contributed by atoms with Gasteiger partial charge in [-0.1, -0.05) is 13.8 Å². The van der Waals surface area contributed by atoms with Crippen molar-refractivity contribution in [1.82, 2.24) is 0 Å². The van der Waals surface area contributed by atoms with Gasteiger partial charge >= 0.3 is 0 Å². The zero-order chi connectivity index (χ0) is 17.4. The van der Waals surface area contributed by atoms with E-state index < -0.39 is 0 Å². The number of allylic oxidation sites excluding steroid dienone is 1. The lowest BCUT2D eigenvalue weighted by Crippen LogP contribution is -2.52. The van der Waals surface area contributed by atoms with E-state index in [4.69, 9.17) is 10.5 Å². The van der Waals surface area contributed by atoms with Crippen LogP contribution in [0.5, 0.6) is 0 Å². The summed E-state index contributed by atoms with van der Waals surface area (Å²) in [7, 11) is 0. The van der Waals surface area contributed by atoms with Crippen LogP contribution in [0.15, 0.2) is 11.3 Å². The predicted octanol–water partition coefficient (Wildman–Crippen LogP) is 4.35. The third-order valence-electron chi connectivity index (χ3n) is 8.96. The summed E-state index contributed by atoms with van der Waals surface area (Å²) in [5, 5.41) is 0. The van der Waals surface area contributed by atoms with Gasteiger partial charge in [0.05, 0.1) is 17.9 Å². The summed E-state index contributed by atoms with van der Waals surface area (Å²) in [6, 6.07) is 0. The van der Waals surface area contributed by atoms with Gasteiger partial charge in [0.25, 0.3) is 0 Å². The summed E-state index contributed by atoms with van der Waals surface area (Å²) < 4.78 is 6.46. The standard InChI is InChI=1S/C22H33NO2/c1-21-12-10-18(24)20(23)17(21)6-5-14-15-7-8-19(25-13-3-4-13)22(15,2)11-9-16(14)21/h13-16,19H,3-12,23H2,1-2H3/t14-,15-,16-,19-,21+,22-/m0/s1. The molecule has 0 aliphatic heterocycles. The van der Waals surface area contributed by atoms with E-state index in [0.717, 1.165) is 30.6 Å². The second kappa shape index (κ2) is 5.34. The van der Waals surface area contributed by atoms with Crippen molar-refractivity contribution >= 4 is 5.78 Å². The Labute approximate surface area is 151 Å². The van der Waals surface area contributed by atoms with Gasteiger partial charge in [-0.2, -0.15) is 0 Å². The number of carbonyl (C=O) groups is 1. The molecule has 0 aromatic rings. The van der Waals surface area contributed by atoms with Crippen LogP contribution in [0.1, 0.15) is 78.1 Å². The summed E-state index contributed by atoms with van der Waals surface area (Å²) in [4.78, 5) is 12.1. The molecule has 0 heterocycles. The Bertz CT molecular complexity index is 636. The molecule has 0 radical (unpaired) electrons. The molecule has 0 saturated heterocycles. The highest BCUT2D eigenvalue weighted by Crippen LogP contribution is 2.66. The van der Waals surface area contributed by atoms with Gasteiger partial charge in [0, 0.05) is 6.42 Å². The molecule has 3 nitrogen and oxygen atoms in total. The molecule has 0 aromatic carbocycles. The quantitative estimate of drug-likeness (QED) is 0.811. The number of Topliss-reactive ketones (excluding diaryl/α,β-unsaturated/α-hetero) is 1. The maximum absolute atomic E-state index is 12.1. The minimum Gasteiger partial charge on any atom is -0.396 e. The maximum Gasteiger partial charge on any atom is 0.178 e. The number of hydrogen-bond donors (Lipinski definition) is 1. The molecule has 2 N–H and O–H groups in total. The highest BCUT2D eigenvalue weighted by atomic mass is 16.5. The van der Waals surface area contributed by atoms with Crippen molar-refractivity contribution in [3.8, 4) is 0 Å². The molecule has 4 saturated carbocycles. The Kier molecular flexibility index (Phi) is 3.49. The molecule has 5 rings (SSSR count). The van der Waals surface area contributed by atoms with Crippen molar-refractivity contribution in [2.24, 2.45) is 34.3 Å². The van der Waals surface area contributed by atoms with Crippen molar-refractivity contribution in [1.29, 1.82) is 0 Å². The van der Waals surface area contributed by atoms with Crippen LogP contribution in [-0.2, 0) is 9.53 Å². The zero-order valence-corrected chi connectivity index (χ0v) is 15.9. The molecule has 3 heteroatoms. The molecule has 25 heavy (non-hydrogen) atoms. The van der Waals surface area contributed by atoms with Crippen LogP contribution in [0.25, 0.3) is 0 Å². The van der Waals surface area contributed by atoms with Gasteiger partial charge < -0.3 is 10.5 Å². The molecular formula is C22H33NO2. The fourth-order valence-corrected chi connectivity index (χ4v) is 7.37. The van der Waals surface area contributed by atoms with Gasteiger partial charge in [0.15, 0.2) is 5.78 Å². The largest absolute Gasteiger partial charge is 0.396 e. The third-order valence-corrected chi connectivity index (χ3v) is 8.96. The van der Waals surface area contributed by atoms with Gasteiger partial charge in [0.2, 0.25) is 0 Å². The lowest BCUT2D eigenvalue weighted by molar-refractivity contribution is -0.120. The van der Waals surface area contributed by atoms with E-state index in [9.17, 15) is 4.79 Å². The van der Waals surface area contributed by atoms with Crippen LogP contribution in [0, 0.1) is 28.6 Å². The third kappa shape index (κ3) is 2.23. The zero-order valence-electron chi connectivity index (χ0n) is 15.9. The first-order valence-corrected chi connectivity index (χ1v) is 10.6. The van der Waals surface area contributed by atoms with E-state index in [1.54, 1.807) is 0 Å². The second-order valence-corrected chi connectivity index (χ2v) is 10.1. The highest BCUT2D eigenvalue weighted by Gasteiger charge is 2.60. The van der Waals surface area contributed by atoms with Crippen LogP contribution in [0.4, 0.5) is 0 Å². The average Bonchev–Trinajstić information content (AvgIpc) is 3.34. The predicted molar refractivity (Wildman–Crippen MR) is 97.7 cm³/mol. The first-order valence-electron chi connectivity index (χ1n) is 10.6. The summed E-state index contributed by atoms with van der Waals surface area (Å²) in [5.41, 5.74) is 8.77. The Morgan fingerprint density at radius 1 is 0.960 bits per heavy atom. The molecule has 0 aromatic heterocycles. The topological polar surface area (TPSA) is 52.3 Å². The van der Waals surface area contributed by atoms with Crippen molar-refractivity contribution in [3.63, 3.8) is 0 Å². The molecule has 0 amide bonds. The van der Waals surface area contributed by atoms with Crippen molar-refractivity contribution in [2.45, 2.75) is 90.3 Å². The molecule has 5 aliphatic carbocycles. The Hall–Kier alpha value is -0.830. The molecular weight excluding hydrogens is 310 g/mol. The number of hydrogen-bond acceptors (Lipinski definition) is 3. The van der Waals surface area contributed by atoms with Crippen molar-refractivity contribution in [3.05, 3.63) is 11.3 Å². The number of fused-ring (bicyclic) bond motifs is 5. The van der Waals surface area contributed by atoms with E-state index in [1.165, 1.54) is 50.5 Å². The highest BCUT2D eigenvalue weighted by molar-refractivity contribution is 5.96. The summed E-state index contributed by atoms with van der Waals surface area (Å²) in [6.45, 7) is 4.95. The van der Waals surface area contributed by atoms with E-state index in [0.29, 0.717) is 29.7 Å². The molecule has 4 fully saturated rings. The van der Waals surface area contributed by atoms with Gasteiger partial charge in [0.1, 0.15) is 0 Å². The fourth-order valence-electron chi connectivity index (χ4n) is 7.37. The van der Waals surface area contributed by atoms with Crippen LogP contribution < -0.4 is 5.73 Å². The molecule has 0 spiro atoms. The van der Waals surface area contributed by atoms with Crippen LogP contribution in [0.3, 0.4) is 0 Å².